The Kier molecular flexibility index (Phi) is 4.99. The topological polar surface area (TPSA) is 47.3 Å². The van der Waals surface area contributed by atoms with Crippen LogP contribution in [0.3, 0.4) is 0 Å². The highest BCUT2D eigenvalue weighted by atomic mass is 79.9. The van der Waals surface area contributed by atoms with E-state index in [0.29, 0.717) is 0 Å². The Hall–Kier alpha value is -0.720. The molecule has 2 aromatic rings. The lowest BCUT2D eigenvalue weighted by atomic mass is 10.2. The van der Waals surface area contributed by atoms with Gasteiger partial charge in [-0.3, -0.25) is 0 Å². The third kappa shape index (κ3) is 3.30. The van der Waals surface area contributed by atoms with Crippen LogP contribution in [0.5, 0.6) is 5.75 Å². The number of halogens is 3. The largest absolute Gasteiger partial charge is 0.495 e. The summed E-state index contributed by atoms with van der Waals surface area (Å²) in [6, 6.07) is 7.76. The van der Waals surface area contributed by atoms with E-state index in [2.05, 4.69) is 53.1 Å². The van der Waals surface area contributed by atoms with Crippen LogP contribution in [0.15, 0.2) is 37.7 Å². The minimum atomic E-state index is 0.759. The zero-order chi connectivity index (χ0) is 14.9. The molecule has 2 aromatic carbocycles. The highest BCUT2D eigenvalue weighted by molar-refractivity contribution is 9.11. The first-order valence-corrected chi connectivity index (χ1v) is 8.16. The summed E-state index contributed by atoms with van der Waals surface area (Å²) in [5.74, 6) is 0.763. The molecule has 0 aliphatic carbocycles. The molecule has 0 aliphatic rings. The van der Waals surface area contributed by atoms with Crippen molar-refractivity contribution in [2.24, 2.45) is 0 Å². The Labute approximate surface area is 143 Å². The Balaban J connectivity index is 2.42. The fourth-order valence-corrected chi connectivity index (χ4v) is 3.43. The molecular formula is C14H13Br3N2O. The minimum absolute atomic E-state index is 0.759. The number of nitrogens with two attached hydrogens (primary N) is 1. The quantitative estimate of drug-likeness (QED) is 0.580. The summed E-state index contributed by atoms with van der Waals surface area (Å²) in [6.45, 7) is 1.98. The lowest BCUT2D eigenvalue weighted by Gasteiger charge is -2.14. The zero-order valence-corrected chi connectivity index (χ0v) is 15.7. The van der Waals surface area contributed by atoms with Crippen LogP contribution in [0, 0.1) is 6.92 Å². The van der Waals surface area contributed by atoms with Gasteiger partial charge in [-0.2, -0.15) is 0 Å². The van der Waals surface area contributed by atoms with Gasteiger partial charge in [-0.1, -0.05) is 0 Å². The summed E-state index contributed by atoms with van der Waals surface area (Å²) < 4.78 is 8.05. The maximum Gasteiger partial charge on any atom is 0.135 e. The lowest BCUT2D eigenvalue weighted by molar-refractivity contribution is 0.412. The Morgan fingerprint density at radius 1 is 0.950 bits per heavy atom. The molecule has 2 rings (SSSR count). The van der Waals surface area contributed by atoms with Crippen molar-refractivity contribution in [2.75, 3.05) is 18.2 Å². The van der Waals surface area contributed by atoms with E-state index in [4.69, 9.17) is 10.5 Å². The van der Waals surface area contributed by atoms with Crippen LogP contribution in [0.4, 0.5) is 17.1 Å². The molecule has 20 heavy (non-hydrogen) atoms. The van der Waals surface area contributed by atoms with Crippen molar-refractivity contribution >= 4 is 64.9 Å². The van der Waals surface area contributed by atoms with E-state index in [0.717, 1.165) is 41.8 Å². The Morgan fingerprint density at radius 3 is 2.20 bits per heavy atom. The molecule has 0 saturated heterocycles. The minimum Gasteiger partial charge on any atom is -0.495 e. The predicted octanol–water partition coefficient (Wildman–Crippen LogP) is 5.62. The third-order valence-electron chi connectivity index (χ3n) is 2.87. The number of hydrogen-bond acceptors (Lipinski definition) is 3. The number of hydrogen-bond donors (Lipinski definition) is 2. The number of aryl methyl sites for hydroxylation is 1. The summed E-state index contributed by atoms with van der Waals surface area (Å²) in [5.41, 5.74) is 9.53. The molecule has 0 fully saturated rings. The van der Waals surface area contributed by atoms with E-state index >= 15 is 0 Å². The van der Waals surface area contributed by atoms with Crippen LogP contribution in [-0.4, -0.2) is 7.11 Å². The molecule has 6 heteroatoms. The van der Waals surface area contributed by atoms with Crippen molar-refractivity contribution in [3.8, 4) is 5.75 Å². The average Bonchev–Trinajstić information content (AvgIpc) is 2.38. The average molecular weight is 465 g/mol. The molecule has 0 saturated carbocycles. The second-order valence-corrected chi connectivity index (χ2v) is 6.84. The molecule has 0 bridgehead atoms. The van der Waals surface area contributed by atoms with Crippen molar-refractivity contribution < 1.29 is 4.74 Å². The molecule has 0 aliphatic heterocycles. The second kappa shape index (κ2) is 6.37. The molecule has 3 N–H and O–H groups in total. The van der Waals surface area contributed by atoms with Gasteiger partial charge in [-0.15, -0.1) is 0 Å². The van der Waals surface area contributed by atoms with Crippen molar-refractivity contribution in [3.63, 3.8) is 0 Å². The van der Waals surface area contributed by atoms with E-state index in [9.17, 15) is 0 Å². The molecule has 0 aromatic heterocycles. The lowest BCUT2D eigenvalue weighted by Crippen LogP contribution is -1.97. The summed E-state index contributed by atoms with van der Waals surface area (Å²) >= 11 is 10.5. The maximum absolute atomic E-state index is 5.89. The molecule has 3 nitrogen and oxygen atoms in total. The van der Waals surface area contributed by atoms with E-state index < -0.39 is 0 Å². The predicted molar refractivity (Wildman–Crippen MR) is 95.0 cm³/mol. The van der Waals surface area contributed by atoms with E-state index in [1.807, 2.05) is 31.2 Å². The molecule has 0 amide bonds. The number of ether oxygens (including phenoxy) is 1. The summed E-state index contributed by atoms with van der Waals surface area (Å²) in [4.78, 5) is 0. The second-order valence-electron chi connectivity index (χ2n) is 4.28. The summed E-state index contributed by atoms with van der Waals surface area (Å²) in [7, 11) is 1.64. The van der Waals surface area contributed by atoms with Crippen LogP contribution in [-0.2, 0) is 0 Å². The Bertz CT molecular complexity index is 659. The first kappa shape index (κ1) is 15.7. The highest BCUT2D eigenvalue weighted by Crippen LogP contribution is 2.38. The fraction of sp³-hybridized carbons (Fsp3) is 0.143. The zero-order valence-electron chi connectivity index (χ0n) is 10.9. The monoisotopic (exact) mass is 462 g/mol. The van der Waals surface area contributed by atoms with Crippen LogP contribution in [0.2, 0.25) is 0 Å². The van der Waals surface area contributed by atoms with Crippen LogP contribution >= 0.6 is 47.8 Å². The van der Waals surface area contributed by atoms with Crippen LogP contribution in [0.1, 0.15) is 5.56 Å². The van der Waals surface area contributed by atoms with Gasteiger partial charge in [0.05, 0.1) is 23.0 Å². The molecule has 0 unspecified atom stereocenters. The molecule has 106 valence electrons. The van der Waals surface area contributed by atoms with Gasteiger partial charge >= 0.3 is 0 Å². The van der Waals surface area contributed by atoms with Gasteiger partial charge in [0.1, 0.15) is 5.75 Å². The van der Waals surface area contributed by atoms with Gasteiger partial charge in [0.2, 0.25) is 0 Å². The number of nitrogens with one attached hydrogen (secondary N) is 1. The van der Waals surface area contributed by atoms with E-state index in [1.165, 1.54) is 0 Å². The first-order valence-electron chi connectivity index (χ1n) is 5.78. The van der Waals surface area contributed by atoms with Crippen molar-refractivity contribution in [1.29, 1.82) is 0 Å². The van der Waals surface area contributed by atoms with Gasteiger partial charge in [-0.05, 0) is 78.5 Å². The number of anilines is 3. The van der Waals surface area contributed by atoms with Gasteiger partial charge < -0.3 is 15.8 Å². The normalized spacial score (nSPS) is 10.4. The summed E-state index contributed by atoms with van der Waals surface area (Å²) in [6.07, 6.45) is 0. The smallest absolute Gasteiger partial charge is 0.135 e. The number of benzene rings is 2. The molecule has 0 atom stereocenters. The van der Waals surface area contributed by atoms with Crippen molar-refractivity contribution in [2.45, 2.75) is 6.92 Å². The van der Waals surface area contributed by atoms with Gasteiger partial charge in [-0.25, -0.2) is 0 Å². The highest BCUT2D eigenvalue weighted by Gasteiger charge is 2.10. The Morgan fingerprint density at radius 2 is 1.55 bits per heavy atom. The van der Waals surface area contributed by atoms with Gasteiger partial charge in [0.15, 0.2) is 0 Å². The van der Waals surface area contributed by atoms with E-state index in [1.54, 1.807) is 7.11 Å². The maximum atomic E-state index is 5.89. The van der Waals surface area contributed by atoms with Crippen molar-refractivity contribution in [3.05, 3.63) is 43.2 Å². The van der Waals surface area contributed by atoms with Gasteiger partial charge in [0, 0.05) is 20.7 Å². The molecular weight excluding hydrogens is 452 g/mol. The molecule has 0 spiro atoms. The number of methoxy groups -OCH3 is 1. The molecule has 0 heterocycles. The summed E-state index contributed by atoms with van der Waals surface area (Å²) in [5, 5.41) is 3.36. The fourth-order valence-electron chi connectivity index (χ4n) is 1.72. The SMILES string of the molecule is COc1cc(Nc2cc(C)c(N)cc2Br)c(Br)cc1Br. The van der Waals surface area contributed by atoms with Crippen LogP contribution < -0.4 is 15.8 Å². The van der Waals surface area contributed by atoms with Crippen molar-refractivity contribution in [1.82, 2.24) is 0 Å². The van der Waals surface area contributed by atoms with Gasteiger partial charge in [0.25, 0.3) is 0 Å². The number of nitrogen functional groups attached to an aromatic ring is 1. The van der Waals surface area contributed by atoms with Crippen LogP contribution in [0.25, 0.3) is 0 Å². The third-order valence-corrected chi connectivity index (χ3v) is 4.80. The first-order chi connectivity index (χ1) is 9.42. The molecule has 0 radical (unpaired) electrons. The van der Waals surface area contributed by atoms with E-state index in [-0.39, 0.29) is 0 Å². The standard InChI is InChI=1S/C14H13Br3N2O/c1-7-3-12(9(16)5-11(7)18)19-13-6-14(20-2)10(17)4-8(13)15/h3-6,19H,18H2,1-2H3. The number of rotatable bonds is 3.